The third-order valence-electron chi connectivity index (χ3n) is 2.30. The van der Waals surface area contributed by atoms with E-state index in [1.165, 1.54) is 0 Å². The molecular weight excluding hydrogens is 208 g/mol. The molecule has 0 spiro atoms. The van der Waals surface area contributed by atoms with E-state index < -0.39 is 6.29 Å². The summed E-state index contributed by atoms with van der Waals surface area (Å²) in [6, 6.07) is 5.37. The lowest BCUT2D eigenvalue weighted by molar-refractivity contribution is -0.0489. The van der Waals surface area contributed by atoms with Crippen LogP contribution in [0.25, 0.3) is 0 Å². The van der Waals surface area contributed by atoms with Gasteiger partial charge in [-0.2, -0.15) is 0 Å². The minimum absolute atomic E-state index is 0.336. The highest BCUT2D eigenvalue weighted by atomic mass is 16.7. The first kappa shape index (κ1) is 11.0. The molecule has 0 fully saturated rings. The lowest BCUT2D eigenvalue weighted by Gasteiger charge is -2.23. The average molecular weight is 222 g/mol. The number of carbonyl (C=O) groups excluding carboxylic acids is 1. The van der Waals surface area contributed by atoms with E-state index >= 15 is 0 Å². The molecule has 86 valence electrons. The molecule has 0 saturated heterocycles. The van der Waals surface area contributed by atoms with Gasteiger partial charge in [0, 0.05) is 13.5 Å². The van der Waals surface area contributed by atoms with Crippen molar-refractivity contribution >= 4 is 5.97 Å². The zero-order valence-electron chi connectivity index (χ0n) is 9.36. The largest absolute Gasteiger partial charge is 0.454 e. The molecule has 0 bridgehead atoms. The van der Waals surface area contributed by atoms with Gasteiger partial charge in [-0.05, 0) is 24.6 Å². The summed E-state index contributed by atoms with van der Waals surface area (Å²) in [5.74, 6) is 0.234. The molecule has 1 aromatic rings. The Bertz CT molecular complexity index is 400. The van der Waals surface area contributed by atoms with Gasteiger partial charge in [-0.25, -0.2) is 4.79 Å². The van der Waals surface area contributed by atoms with Gasteiger partial charge < -0.3 is 14.2 Å². The Hall–Kier alpha value is -1.55. The highest BCUT2D eigenvalue weighted by Crippen LogP contribution is 2.27. The number of benzene rings is 1. The summed E-state index contributed by atoms with van der Waals surface area (Å²) in [6.07, 6.45) is -0.526. The molecule has 1 heterocycles. The number of esters is 1. The van der Waals surface area contributed by atoms with Gasteiger partial charge in [0.25, 0.3) is 0 Å². The quantitative estimate of drug-likeness (QED) is 0.735. The van der Waals surface area contributed by atoms with E-state index in [0.29, 0.717) is 24.5 Å². The van der Waals surface area contributed by atoms with Gasteiger partial charge in [0.2, 0.25) is 6.29 Å². The second-order valence-electron chi connectivity index (χ2n) is 3.56. The predicted octanol–water partition coefficient (Wildman–Crippen LogP) is 2.12. The molecule has 1 unspecified atom stereocenters. The van der Waals surface area contributed by atoms with Crippen molar-refractivity contribution in [3.05, 3.63) is 29.3 Å². The van der Waals surface area contributed by atoms with E-state index in [1.807, 2.05) is 19.1 Å². The summed E-state index contributed by atoms with van der Waals surface area (Å²) in [4.78, 5) is 11.5. The second kappa shape index (κ2) is 4.53. The van der Waals surface area contributed by atoms with Crippen LogP contribution in [0.1, 0.15) is 29.8 Å². The van der Waals surface area contributed by atoms with Crippen LogP contribution in [0.4, 0.5) is 0 Å². The Balaban J connectivity index is 2.24. The maximum Gasteiger partial charge on any atom is 0.344 e. The number of rotatable bonds is 3. The molecule has 0 N–H and O–H groups in total. The zero-order valence-corrected chi connectivity index (χ0v) is 9.36. The van der Waals surface area contributed by atoms with E-state index in [1.54, 1.807) is 13.0 Å². The van der Waals surface area contributed by atoms with Crippen LogP contribution in [0.2, 0.25) is 0 Å². The third-order valence-corrected chi connectivity index (χ3v) is 2.30. The molecule has 1 aromatic carbocycles. The lowest BCUT2D eigenvalue weighted by Crippen LogP contribution is -2.27. The van der Waals surface area contributed by atoms with Crippen molar-refractivity contribution in [3.63, 3.8) is 0 Å². The zero-order chi connectivity index (χ0) is 11.5. The van der Waals surface area contributed by atoms with Crippen LogP contribution in [-0.2, 0) is 16.1 Å². The van der Waals surface area contributed by atoms with Gasteiger partial charge in [0.15, 0.2) is 0 Å². The average Bonchev–Trinajstić information content (AvgIpc) is 2.25. The van der Waals surface area contributed by atoms with Gasteiger partial charge in [-0.3, -0.25) is 0 Å². The minimum Gasteiger partial charge on any atom is -0.454 e. The fourth-order valence-corrected chi connectivity index (χ4v) is 1.56. The smallest absolute Gasteiger partial charge is 0.344 e. The number of hydrogen-bond donors (Lipinski definition) is 0. The summed E-state index contributed by atoms with van der Waals surface area (Å²) in [7, 11) is 0. The number of cyclic esters (lactones) is 1. The van der Waals surface area contributed by atoms with E-state index in [0.717, 1.165) is 5.56 Å². The van der Waals surface area contributed by atoms with E-state index in [9.17, 15) is 4.79 Å². The van der Waals surface area contributed by atoms with Gasteiger partial charge in [-0.15, -0.1) is 0 Å². The molecule has 16 heavy (non-hydrogen) atoms. The molecular formula is C12H14O4. The molecule has 1 aliphatic rings. The Kier molecular flexibility index (Phi) is 3.10. The standard InChI is InChI=1S/C12H14O4/c1-3-14-7-9-4-5-10-11(6-9)15-8(2)16-12(10)13/h4-6,8H,3,7H2,1-2H3. The van der Waals surface area contributed by atoms with Crippen molar-refractivity contribution in [2.24, 2.45) is 0 Å². The number of fused-ring (bicyclic) bond motifs is 1. The van der Waals surface area contributed by atoms with Gasteiger partial charge >= 0.3 is 5.97 Å². The second-order valence-corrected chi connectivity index (χ2v) is 3.56. The summed E-state index contributed by atoms with van der Waals surface area (Å²) in [6.45, 7) is 4.82. The van der Waals surface area contributed by atoms with E-state index in [4.69, 9.17) is 14.2 Å². The fourth-order valence-electron chi connectivity index (χ4n) is 1.56. The molecule has 1 aliphatic heterocycles. The van der Waals surface area contributed by atoms with Gasteiger partial charge in [0.05, 0.1) is 6.61 Å². The normalized spacial score (nSPS) is 18.6. The van der Waals surface area contributed by atoms with Gasteiger partial charge in [0.1, 0.15) is 11.3 Å². The Morgan fingerprint density at radius 2 is 2.19 bits per heavy atom. The number of hydrogen-bond acceptors (Lipinski definition) is 4. The van der Waals surface area contributed by atoms with Crippen molar-refractivity contribution < 1.29 is 19.0 Å². The molecule has 1 atom stereocenters. The molecule has 2 rings (SSSR count). The number of ether oxygens (including phenoxy) is 3. The Labute approximate surface area is 94.1 Å². The molecule has 0 aliphatic carbocycles. The molecule has 0 amide bonds. The van der Waals surface area contributed by atoms with Crippen LogP contribution < -0.4 is 4.74 Å². The SMILES string of the molecule is CCOCc1ccc2c(c1)OC(C)OC2=O. The van der Waals surface area contributed by atoms with Crippen LogP contribution in [0.5, 0.6) is 5.75 Å². The topological polar surface area (TPSA) is 44.8 Å². The first-order valence-electron chi connectivity index (χ1n) is 5.29. The summed E-state index contributed by atoms with van der Waals surface area (Å²) >= 11 is 0. The van der Waals surface area contributed by atoms with Crippen molar-refractivity contribution in [1.29, 1.82) is 0 Å². The number of carbonyl (C=O) groups is 1. The van der Waals surface area contributed by atoms with Crippen molar-refractivity contribution in [2.45, 2.75) is 26.7 Å². The predicted molar refractivity (Wildman–Crippen MR) is 57.3 cm³/mol. The molecule has 0 aromatic heterocycles. The first-order valence-corrected chi connectivity index (χ1v) is 5.29. The van der Waals surface area contributed by atoms with Crippen LogP contribution in [-0.4, -0.2) is 18.9 Å². The van der Waals surface area contributed by atoms with Crippen LogP contribution >= 0.6 is 0 Å². The minimum atomic E-state index is -0.526. The Morgan fingerprint density at radius 3 is 2.94 bits per heavy atom. The van der Waals surface area contributed by atoms with Gasteiger partial charge in [-0.1, -0.05) is 6.07 Å². The van der Waals surface area contributed by atoms with E-state index in [-0.39, 0.29) is 5.97 Å². The van der Waals surface area contributed by atoms with Crippen molar-refractivity contribution in [3.8, 4) is 5.75 Å². The first-order chi connectivity index (χ1) is 7.70. The molecule has 0 radical (unpaired) electrons. The monoisotopic (exact) mass is 222 g/mol. The van der Waals surface area contributed by atoms with Crippen LogP contribution in [0, 0.1) is 0 Å². The van der Waals surface area contributed by atoms with Crippen LogP contribution in [0.3, 0.4) is 0 Å². The van der Waals surface area contributed by atoms with Crippen molar-refractivity contribution in [1.82, 2.24) is 0 Å². The summed E-state index contributed by atoms with van der Waals surface area (Å²) in [5, 5.41) is 0. The van der Waals surface area contributed by atoms with Crippen LogP contribution in [0.15, 0.2) is 18.2 Å². The molecule has 4 nitrogen and oxygen atoms in total. The third kappa shape index (κ3) is 2.17. The maximum absolute atomic E-state index is 11.5. The van der Waals surface area contributed by atoms with Crippen molar-refractivity contribution in [2.75, 3.05) is 6.61 Å². The Morgan fingerprint density at radius 1 is 1.38 bits per heavy atom. The summed E-state index contributed by atoms with van der Waals surface area (Å²) in [5.41, 5.74) is 1.46. The van der Waals surface area contributed by atoms with E-state index in [2.05, 4.69) is 0 Å². The molecule has 0 saturated carbocycles. The lowest BCUT2D eigenvalue weighted by atomic mass is 10.1. The summed E-state index contributed by atoms with van der Waals surface area (Å²) < 4.78 is 15.7. The molecule has 4 heteroatoms. The maximum atomic E-state index is 11.5. The highest BCUT2D eigenvalue weighted by molar-refractivity contribution is 5.93. The highest BCUT2D eigenvalue weighted by Gasteiger charge is 2.24. The fraction of sp³-hybridized carbons (Fsp3) is 0.417.